The number of aliphatic hydroxyl groups excluding tert-OH is 1. The fourth-order valence-electron chi connectivity index (χ4n) is 2.11. The molecule has 1 aliphatic rings. The van der Waals surface area contributed by atoms with E-state index in [0.29, 0.717) is 50.8 Å². The molecule has 116 valence electrons. The minimum Gasteiger partial charge on any atom is -0.486 e. The van der Waals surface area contributed by atoms with E-state index < -0.39 is 6.10 Å². The molecule has 1 unspecified atom stereocenters. The molecule has 21 heavy (non-hydrogen) atoms. The number of fused-ring (bicyclic) bond motifs is 1. The molecular weight excluding hydrogens is 272 g/mol. The van der Waals surface area contributed by atoms with Gasteiger partial charge in [0.05, 0.1) is 6.10 Å². The maximum Gasteiger partial charge on any atom is 0.221 e. The second kappa shape index (κ2) is 7.85. The van der Waals surface area contributed by atoms with E-state index in [4.69, 9.17) is 9.47 Å². The van der Waals surface area contributed by atoms with Gasteiger partial charge in [0, 0.05) is 26.1 Å². The topological polar surface area (TPSA) is 79.8 Å². The average Bonchev–Trinajstić information content (AvgIpc) is 2.51. The van der Waals surface area contributed by atoms with Crippen LogP contribution in [0, 0.1) is 0 Å². The lowest BCUT2D eigenvalue weighted by Crippen LogP contribution is -2.29. The summed E-state index contributed by atoms with van der Waals surface area (Å²) >= 11 is 0. The van der Waals surface area contributed by atoms with Crippen LogP contribution in [0.1, 0.15) is 25.0 Å². The molecule has 6 nitrogen and oxygen atoms in total. The van der Waals surface area contributed by atoms with Crippen LogP contribution in [0.3, 0.4) is 0 Å². The maximum absolute atomic E-state index is 11.3. The summed E-state index contributed by atoms with van der Waals surface area (Å²) in [6, 6.07) is 5.43. The summed E-state index contributed by atoms with van der Waals surface area (Å²) < 4.78 is 10.9. The molecule has 0 aromatic heterocycles. The molecule has 1 heterocycles. The number of ether oxygens (including phenoxy) is 2. The molecule has 1 amide bonds. The largest absolute Gasteiger partial charge is 0.486 e. The molecule has 2 rings (SSSR count). The summed E-state index contributed by atoms with van der Waals surface area (Å²) in [7, 11) is 0. The van der Waals surface area contributed by atoms with Crippen molar-refractivity contribution in [3.8, 4) is 11.5 Å². The van der Waals surface area contributed by atoms with E-state index in [9.17, 15) is 9.90 Å². The lowest BCUT2D eigenvalue weighted by Gasteiger charge is -2.20. The number of benzene rings is 1. The average molecular weight is 294 g/mol. The number of aliphatic hydroxyl groups is 1. The van der Waals surface area contributed by atoms with E-state index in [-0.39, 0.29) is 5.91 Å². The molecular formula is C15H22N2O4. The SMILES string of the molecule is CCNC(=O)CCNCC(O)c1ccc2c(c1)OCCO2. The van der Waals surface area contributed by atoms with Crippen LogP contribution in [0.25, 0.3) is 0 Å². The van der Waals surface area contributed by atoms with Gasteiger partial charge in [-0.1, -0.05) is 6.07 Å². The third kappa shape index (κ3) is 4.61. The van der Waals surface area contributed by atoms with E-state index in [1.807, 2.05) is 19.1 Å². The summed E-state index contributed by atoms with van der Waals surface area (Å²) in [4.78, 5) is 11.3. The normalized spacial score (nSPS) is 14.6. The zero-order valence-corrected chi connectivity index (χ0v) is 12.2. The Balaban J connectivity index is 1.78. The monoisotopic (exact) mass is 294 g/mol. The number of carbonyl (C=O) groups is 1. The highest BCUT2D eigenvalue weighted by Crippen LogP contribution is 2.32. The molecule has 0 fully saturated rings. The van der Waals surface area contributed by atoms with Gasteiger partial charge in [0.25, 0.3) is 0 Å². The summed E-state index contributed by atoms with van der Waals surface area (Å²) in [5.74, 6) is 1.39. The van der Waals surface area contributed by atoms with E-state index in [0.717, 1.165) is 5.56 Å². The van der Waals surface area contributed by atoms with Gasteiger partial charge in [-0.2, -0.15) is 0 Å². The lowest BCUT2D eigenvalue weighted by atomic mass is 10.1. The Bertz CT molecular complexity index is 479. The van der Waals surface area contributed by atoms with Crippen molar-refractivity contribution in [2.45, 2.75) is 19.4 Å². The zero-order chi connectivity index (χ0) is 15.1. The number of rotatable bonds is 7. The minimum atomic E-state index is -0.643. The lowest BCUT2D eigenvalue weighted by molar-refractivity contribution is -0.120. The molecule has 1 atom stereocenters. The van der Waals surface area contributed by atoms with Gasteiger partial charge in [0.15, 0.2) is 11.5 Å². The van der Waals surface area contributed by atoms with Crippen molar-refractivity contribution in [2.24, 2.45) is 0 Å². The van der Waals surface area contributed by atoms with Crippen LogP contribution < -0.4 is 20.1 Å². The first-order valence-electron chi connectivity index (χ1n) is 7.25. The van der Waals surface area contributed by atoms with Crippen LogP contribution in [0.2, 0.25) is 0 Å². The molecule has 0 saturated carbocycles. The van der Waals surface area contributed by atoms with Crippen molar-refractivity contribution < 1.29 is 19.4 Å². The fraction of sp³-hybridized carbons (Fsp3) is 0.533. The van der Waals surface area contributed by atoms with Crippen molar-refractivity contribution in [2.75, 3.05) is 32.8 Å². The quantitative estimate of drug-likeness (QED) is 0.642. The van der Waals surface area contributed by atoms with Crippen LogP contribution in [0.5, 0.6) is 11.5 Å². The van der Waals surface area contributed by atoms with Crippen molar-refractivity contribution in [3.63, 3.8) is 0 Å². The van der Waals surface area contributed by atoms with Gasteiger partial charge < -0.3 is 25.2 Å². The smallest absolute Gasteiger partial charge is 0.221 e. The Morgan fingerprint density at radius 1 is 1.33 bits per heavy atom. The zero-order valence-electron chi connectivity index (χ0n) is 12.2. The first-order chi connectivity index (χ1) is 10.2. The van der Waals surface area contributed by atoms with Gasteiger partial charge in [-0.05, 0) is 24.6 Å². The van der Waals surface area contributed by atoms with Crippen molar-refractivity contribution >= 4 is 5.91 Å². The number of carbonyl (C=O) groups excluding carboxylic acids is 1. The predicted octanol–water partition coefficient (Wildman–Crippen LogP) is 0.607. The third-order valence-electron chi connectivity index (χ3n) is 3.19. The van der Waals surface area contributed by atoms with Gasteiger partial charge in [-0.3, -0.25) is 4.79 Å². The fourth-order valence-corrected chi connectivity index (χ4v) is 2.11. The Kier molecular flexibility index (Phi) is 5.83. The number of hydrogen-bond donors (Lipinski definition) is 3. The predicted molar refractivity (Wildman–Crippen MR) is 78.6 cm³/mol. The molecule has 0 saturated heterocycles. The highest BCUT2D eigenvalue weighted by atomic mass is 16.6. The van der Waals surface area contributed by atoms with E-state index >= 15 is 0 Å². The molecule has 1 aliphatic heterocycles. The second-order valence-corrected chi connectivity index (χ2v) is 4.83. The summed E-state index contributed by atoms with van der Waals surface area (Å²) in [5.41, 5.74) is 0.768. The van der Waals surface area contributed by atoms with Crippen LogP contribution in [0.4, 0.5) is 0 Å². The van der Waals surface area contributed by atoms with Crippen molar-refractivity contribution in [3.05, 3.63) is 23.8 Å². The number of hydrogen-bond acceptors (Lipinski definition) is 5. The van der Waals surface area contributed by atoms with Crippen LogP contribution in [-0.2, 0) is 4.79 Å². The van der Waals surface area contributed by atoms with Gasteiger partial charge in [0.1, 0.15) is 13.2 Å². The van der Waals surface area contributed by atoms with E-state index in [1.165, 1.54) is 0 Å². The highest BCUT2D eigenvalue weighted by molar-refractivity contribution is 5.75. The van der Waals surface area contributed by atoms with E-state index in [1.54, 1.807) is 6.07 Å². The summed E-state index contributed by atoms with van der Waals surface area (Å²) in [6.45, 7) is 4.52. The standard InChI is InChI=1S/C15H22N2O4/c1-2-17-15(19)5-6-16-10-12(18)11-3-4-13-14(9-11)21-8-7-20-13/h3-4,9,12,16,18H,2,5-8,10H2,1H3,(H,17,19). The highest BCUT2D eigenvalue weighted by Gasteiger charge is 2.15. The minimum absolute atomic E-state index is 0.0128. The Morgan fingerprint density at radius 3 is 2.86 bits per heavy atom. The molecule has 1 aromatic rings. The molecule has 0 spiro atoms. The van der Waals surface area contributed by atoms with Crippen LogP contribution in [-0.4, -0.2) is 43.9 Å². The third-order valence-corrected chi connectivity index (χ3v) is 3.19. The Labute approximate surface area is 124 Å². The van der Waals surface area contributed by atoms with Gasteiger partial charge >= 0.3 is 0 Å². The van der Waals surface area contributed by atoms with Crippen LogP contribution in [0.15, 0.2) is 18.2 Å². The second-order valence-electron chi connectivity index (χ2n) is 4.83. The van der Waals surface area contributed by atoms with Crippen LogP contribution >= 0.6 is 0 Å². The molecule has 0 aliphatic carbocycles. The Morgan fingerprint density at radius 2 is 2.10 bits per heavy atom. The number of nitrogens with one attached hydrogen (secondary N) is 2. The van der Waals surface area contributed by atoms with E-state index in [2.05, 4.69) is 10.6 Å². The van der Waals surface area contributed by atoms with Gasteiger partial charge in [-0.25, -0.2) is 0 Å². The first-order valence-corrected chi connectivity index (χ1v) is 7.25. The molecule has 6 heteroatoms. The summed E-state index contributed by atoms with van der Waals surface area (Å²) in [5, 5.41) is 15.9. The van der Waals surface area contributed by atoms with Gasteiger partial charge in [0.2, 0.25) is 5.91 Å². The molecule has 0 bridgehead atoms. The Hall–Kier alpha value is -1.79. The van der Waals surface area contributed by atoms with Crippen molar-refractivity contribution in [1.82, 2.24) is 10.6 Å². The molecule has 3 N–H and O–H groups in total. The maximum atomic E-state index is 11.3. The summed E-state index contributed by atoms with van der Waals surface area (Å²) in [6.07, 6.45) is -0.239. The molecule has 0 radical (unpaired) electrons. The number of amides is 1. The first kappa shape index (κ1) is 15.6. The van der Waals surface area contributed by atoms with Crippen molar-refractivity contribution in [1.29, 1.82) is 0 Å². The van der Waals surface area contributed by atoms with Gasteiger partial charge in [-0.15, -0.1) is 0 Å². The molecule has 1 aromatic carbocycles.